The highest BCUT2D eigenvalue weighted by Gasteiger charge is 2.26. The van der Waals surface area contributed by atoms with Gasteiger partial charge in [-0.05, 0) is 42.5 Å². The molecule has 0 spiro atoms. The van der Waals surface area contributed by atoms with Crippen molar-refractivity contribution in [2.45, 2.75) is 4.90 Å². The molecule has 10 heteroatoms. The summed E-state index contributed by atoms with van der Waals surface area (Å²) in [5.41, 5.74) is -0.0549. The number of hydrogen-bond acceptors (Lipinski definition) is 5. The number of sulfonamides is 1. The molecule has 1 aliphatic rings. The summed E-state index contributed by atoms with van der Waals surface area (Å²) < 4.78 is 45.3. The van der Waals surface area contributed by atoms with E-state index in [1.165, 1.54) is 46.9 Å². The van der Waals surface area contributed by atoms with Gasteiger partial charge in [-0.15, -0.1) is 0 Å². The molecular formula is C20H18FN3O5S. The standard InChI is InChI=1S/C20H18FN3O5S/c21-13-1-6-18-16(11-13)19(25)17(12-22-18)20(26)23-14-2-4-15(5-3-14)30(27,28)24-7-9-29-10-8-24/h1-6,11-12H,7-10H2,(H,22,25)(H,23,26). The Morgan fingerprint density at radius 3 is 2.50 bits per heavy atom. The second-order valence-electron chi connectivity index (χ2n) is 6.72. The number of H-pyrrole nitrogens is 1. The van der Waals surface area contributed by atoms with Crippen LogP contribution in [-0.4, -0.2) is 49.9 Å². The SMILES string of the molecule is O=C(Nc1ccc(S(=O)(=O)N2CCOCC2)cc1)c1c[nH]c2ccc(F)cc2c1=O. The van der Waals surface area contributed by atoms with Gasteiger partial charge in [0.1, 0.15) is 11.4 Å². The summed E-state index contributed by atoms with van der Waals surface area (Å²) in [5.74, 6) is -1.27. The number of carbonyl (C=O) groups is 1. The molecule has 0 bridgehead atoms. The fourth-order valence-electron chi connectivity index (χ4n) is 3.20. The summed E-state index contributed by atoms with van der Waals surface area (Å²) in [6.45, 7) is 1.26. The predicted octanol–water partition coefficient (Wildman–Crippen LogP) is 1.94. The third kappa shape index (κ3) is 3.84. The average Bonchev–Trinajstić information content (AvgIpc) is 2.75. The van der Waals surface area contributed by atoms with Gasteiger partial charge in [0.2, 0.25) is 15.5 Å². The summed E-state index contributed by atoms with van der Waals surface area (Å²) in [4.78, 5) is 28.0. The maximum absolute atomic E-state index is 13.5. The van der Waals surface area contributed by atoms with E-state index in [2.05, 4.69) is 10.3 Å². The number of halogens is 1. The second-order valence-corrected chi connectivity index (χ2v) is 8.65. The zero-order valence-electron chi connectivity index (χ0n) is 15.7. The molecule has 0 atom stereocenters. The summed E-state index contributed by atoms with van der Waals surface area (Å²) in [6.07, 6.45) is 1.26. The maximum Gasteiger partial charge on any atom is 0.261 e. The molecule has 0 saturated carbocycles. The van der Waals surface area contributed by atoms with Gasteiger partial charge in [0, 0.05) is 35.9 Å². The Labute approximate surface area is 171 Å². The molecule has 1 amide bonds. The maximum atomic E-state index is 13.5. The van der Waals surface area contributed by atoms with Crippen LogP contribution in [0.1, 0.15) is 10.4 Å². The van der Waals surface area contributed by atoms with Crippen molar-refractivity contribution < 1.29 is 22.3 Å². The third-order valence-corrected chi connectivity index (χ3v) is 6.72. The average molecular weight is 431 g/mol. The fraction of sp³-hybridized carbons (Fsp3) is 0.200. The predicted molar refractivity (Wildman–Crippen MR) is 108 cm³/mol. The largest absolute Gasteiger partial charge is 0.379 e. The first-order valence-corrected chi connectivity index (χ1v) is 10.6. The summed E-state index contributed by atoms with van der Waals surface area (Å²) >= 11 is 0. The highest BCUT2D eigenvalue weighted by molar-refractivity contribution is 7.89. The van der Waals surface area contributed by atoms with Gasteiger partial charge in [-0.1, -0.05) is 0 Å². The van der Waals surface area contributed by atoms with Crippen molar-refractivity contribution in [2.75, 3.05) is 31.6 Å². The van der Waals surface area contributed by atoms with E-state index in [0.29, 0.717) is 24.4 Å². The van der Waals surface area contributed by atoms with Crippen LogP contribution < -0.4 is 10.7 Å². The van der Waals surface area contributed by atoms with Crippen LogP contribution in [0.4, 0.5) is 10.1 Å². The minimum atomic E-state index is -3.64. The molecule has 156 valence electrons. The van der Waals surface area contributed by atoms with Gasteiger partial charge >= 0.3 is 0 Å². The molecule has 3 aromatic rings. The Morgan fingerprint density at radius 2 is 1.80 bits per heavy atom. The Kier molecular flexibility index (Phi) is 5.37. The molecule has 2 aromatic carbocycles. The molecule has 8 nitrogen and oxygen atoms in total. The van der Waals surface area contributed by atoms with Gasteiger partial charge in [0.05, 0.1) is 18.1 Å². The number of amides is 1. The van der Waals surface area contributed by atoms with E-state index in [1.807, 2.05) is 0 Å². The fourth-order valence-corrected chi connectivity index (χ4v) is 4.61. The molecule has 1 aromatic heterocycles. The van der Waals surface area contributed by atoms with Crippen LogP contribution in [0.15, 0.2) is 58.4 Å². The van der Waals surface area contributed by atoms with Gasteiger partial charge in [-0.2, -0.15) is 4.31 Å². The summed E-state index contributed by atoms with van der Waals surface area (Å²) in [7, 11) is -3.64. The van der Waals surface area contributed by atoms with E-state index in [1.54, 1.807) is 0 Å². The topological polar surface area (TPSA) is 109 Å². The quantitative estimate of drug-likeness (QED) is 0.656. The number of benzene rings is 2. The number of nitrogens with zero attached hydrogens (tertiary/aromatic N) is 1. The molecule has 1 fully saturated rings. The number of anilines is 1. The number of ether oxygens (including phenoxy) is 1. The zero-order valence-corrected chi connectivity index (χ0v) is 16.5. The number of aromatic nitrogens is 1. The summed E-state index contributed by atoms with van der Waals surface area (Å²) in [6, 6.07) is 9.36. The minimum absolute atomic E-state index is 0.0644. The first-order valence-electron chi connectivity index (χ1n) is 9.16. The van der Waals surface area contributed by atoms with E-state index in [0.717, 1.165) is 6.07 Å². The molecule has 0 unspecified atom stereocenters. The molecule has 0 radical (unpaired) electrons. The highest BCUT2D eigenvalue weighted by Crippen LogP contribution is 2.20. The van der Waals surface area contributed by atoms with Crippen molar-refractivity contribution in [3.8, 4) is 0 Å². The lowest BCUT2D eigenvalue weighted by Crippen LogP contribution is -2.40. The van der Waals surface area contributed by atoms with Crippen molar-refractivity contribution in [3.63, 3.8) is 0 Å². The zero-order chi connectivity index (χ0) is 21.3. The number of pyridine rings is 1. The number of nitrogens with one attached hydrogen (secondary N) is 2. The molecule has 1 aliphatic heterocycles. The van der Waals surface area contributed by atoms with Crippen LogP contribution in [0.2, 0.25) is 0 Å². The van der Waals surface area contributed by atoms with Crippen molar-refractivity contribution in [1.29, 1.82) is 0 Å². The number of fused-ring (bicyclic) bond motifs is 1. The molecular weight excluding hydrogens is 413 g/mol. The van der Waals surface area contributed by atoms with Gasteiger partial charge in [-0.25, -0.2) is 12.8 Å². The van der Waals surface area contributed by atoms with Gasteiger partial charge in [0.15, 0.2) is 0 Å². The number of rotatable bonds is 4. The number of aromatic amines is 1. The lowest BCUT2D eigenvalue weighted by atomic mass is 10.1. The van der Waals surface area contributed by atoms with Gasteiger partial charge in [-0.3, -0.25) is 9.59 Å². The number of morpholine rings is 1. The molecule has 0 aliphatic carbocycles. The molecule has 30 heavy (non-hydrogen) atoms. The summed E-state index contributed by atoms with van der Waals surface area (Å²) in [5, 5.41) is 2.62. The molecule has 2 N–H and O–H groups in total. The van der Waals surface area contributed by atoms with Gasteiger partial charge in [0.25, 0.3) is 5.91 Å². The van der Waals surface area contributed by atoms with Crippen LogP contribution >= 0.6 is 0 Å². The van der Waals surface area contributed by atoms with Crippen molar-refractivity contribution in [2.24, 2.45) is 0 Å². The van der Waals surface area contributed by atoms with E-state index >= 15 is 0 Å². The molecule has 1 saturated heterocycles. The van der Waals surface area contributed by atoms with Crippen molar-refractivity contribution >= 4 is 32.5 Å². The molecule has 4 rings (SSSR count). The molecule has 2 heterocycles. The Hall–Kier alpha value is -3.08. The van der Waals surface area contributed by atoms with Crippen LogP contribution in [0, 0.1) is 5.82 Å². The van der Waals surface area contributed by atoms with Crippen molar-refractivity contribution in [3.05, 3.63) is 70.3 Å². The first-order chi connectivity index (χ1) is 14.4. The first kappa shape index (κ1) is 20.2. The lowest BCUT2D eigenvalue weighted by Gasteiger charge is -2.26. The second kappa shape index (κ2) is 7.98. The van der Waals surface area contributed by atoms with E-state index in [4.69, 9.17) is 4.74 Å². The van der Waals surface area contributed by atoms with Crippen LogP contribution in [0.5, 0.6) is 0 Å². The van der Waals surface area contributed by atoms with Crippen molar-refractivity contribution in [1.82, 2.24) is 9.29 Å². The van der Waals surface area contributed by atoms with E-state index in [-0.39, 0.29) is 28.9 Å². The van der Waals surface area contributed by atoms with Crippen LogP contribution in [0.25, 0.3) is 10.9 Å². The Bertz CT molecular complexity index is 1270. The third-order valence-electron chi connectivity index (χ3n) is 4.81. The highest BCUT2D eigenvalue weighted by atomic mass is 32.2. The normalized spacial score (nSPS) is 15.2. The Balaban J connectivity index is 1.55. The van der Waals surface area contributed by atoms with E-state index in [9.17, 15) is 22.4 Å². The minimum Gasteiger partial charge on any atom is -0.379 e. The monoisotopic (exact) mass is 431 g/mol. The van der Waals surface area contributed by atoms with Gasteiger partial charge < -0.3 is 15.0 Å². The number of hydrogen-bond donors (Lipinski definition) is 2. The lowest BCUT2D eigenvalue weighted by molar-refractivity contribution is 0.0730. The van der Waals surface area contributed by atoms with Crippen LogP contribution in [0.3, 0.4) is 0 Å². The van der Waals surface area contributed by atoms with E-state index < -0.39 is 27.2 Å². The number of carbonyl (C=O) groups excluding carboxylic acids is 1. The smallest absolute Gasteiger partial charge is 0.261 e. The van der Waals surface area contributed by atoms with Crippen LogP contribution in [-0.2, 0) is 14.8 Å². The Morgan fingerprint density at radius 1 is 1.10 bits per heavy atom.